The zero-order valence-electron chi connectivity index (χ0n) is 9.28. The number of likely N-dealkylation sites (N-methyl/N-ethyl adjacent to an activating group) is 1. The highest BCUT2D eigenvalue weighted by molar-refractivity contribution is 6.31. The lowest BCUT2D eigenvalue weighted by Crippen LogP contribution is -2.40. The third kappa shape index (κ3) is 2.94. The van der Waals surface area contributed by atoms with Gasteiger partial charge >= 0.3 is 5.97 Å². The summed E-state index contributed by atoms with van der Waals surface area (Å²) in [5.41, 5.74) is 0.145. The van der Waals surface area contributed by atoms with Crippen molar-refractivity contribution >= 4 is 23.5 Å². The van der Waals surface area contributed by atoms with Crippen molar-refractivity contribution < 1.29 is 19.1 Å². The molecule has 0 aromatic heterocycles. The molecule has 0 bridgehead atoms. The van der Waals surface area contributed by atoms with Gasteiger partial charge in [0.15, 0.2) is 0 Å². The second-order valence-corrected chi connectivity index (χ2v) is 3.97. The van der Waals surface area contributed by atoms with E-state index in [1.165, 1.54) is 26.1 Å². The predicted molar refractivity (Wildman–Crippen MR) is 60.6 cm³/mol. The summed E-state index contributed by atoms with van der Waals surface area (Å²) < 4.78 is 12.9. The monoisotopic (exact) mass is 259 g/mol. The topological polar surface area (TPSA) is 57.6 Å². The third-order valence-corrected chi connectivity index (χ3v) is 2.71. The molecule has 1 aromatic rings. The average Bonchev–Trinajstić information content (AvgIpc) is 2.29. The molecule has 0 fully saturated rings. The van der Waals surface area contributed by atoms with Gasteiger partial charge in [-0.05, 0) is 25.1 Å². The van der Waals surface area contributed by atoms with Crippen LogP contribution in [0.25, 0.3) is 0 Å². The van der Waals surface area contributed by atoms with Gasteiger partial charge in [-0.2, -0.15) is 0 Å². The Kier molecular flexibility index (Phi) is 4.07. The van der Waals surface area contributed by atoms with E-state index < -0.39 is 23.7 Å². The van der Waals surface area contributed by atoms with E-state index in [2.05, 4.69) is 0 Å². The number of carbonyl (C=O) groups excluding carboxylic acids is 1. The molecule has 0 saturated heterocycles. The summed E-state index contributed by atoms with van der Waals surface area (Å²) in [7, 11) is 1.36. The number of carboxylic acids is 1. The van der Waals surface area contributed by atoms with Gasteiger partial charge in [-0.25, -0.2) is 9.18 Å². The molecule has 1 atom stereocenters. The van der Waals surface area contributed by atoms with E-state index >= 15 is 0 Å². The Bertz CT molecular complexity index is 464. The van der Waals surface area contributed by atoms with Crippen LogP contribution < -0.4 is 0 Å². The van der Waals surface area contributed by atoms with Crippen molar-refractivity contribution in [3.63, 3.8) is 0 Å². The lowest BCUT2D eigenvalue weighted by Gasteiger charge is -2.21. The molecule has 0 heterocycles. The Hall–Kier alpha value is -1.62. The summed E-state index contributed by atoms with van der Waals surface area (Å²) in [6.45, 7) is 1.38. The lowest BCUT2D eigenvalue weighted by atomic mass is 10.1. The summed E-state index contributed by atoms with van der Waals surface area (Å²) in [5, 5.41) is 8.59. The van der Waals surface area contributed by atoms with E-state index in [9.17, 15) is 14.0 Å². The number of aliphatic carboxylic acids is 1. The molecule has 0 saturated carbocycles. The molecular weight excluding hydrogens is 249 g/mol. The van der Waals surface area contributed by atoms with E-state index in [0.29, 0.717) is 0 Å². The van der Waals surface area contributed by atoms with Gasteiger partial charge in [0.2, 0.25) is 0 Å². The van der Waals surface area contributed by atoms with Crippen LogP contribution in [0, 0.1) is 5.82 Å². The van der Waals surface area contributed by atoms with Crippen LogP contribution in [0.5, 0.6) is 0 Å². The number of carbonyl (C=O) groups is 2. The highest BCUT2D eigenvalue weighted by Crippen LogP contribution is 2.17. The van der Waals surface area contributed by atoms with Gasteiger partial charge in [-0.15, -0.1) is 0 Å². The van der Waals surface area contributed by atoms with Gasteiger partial charge in [0.1, 0.15) is 11.9 Å². The molecule has 0 aliphatic rings. The van der Waals surface area contributed by atoms with Crippen LogP contribution in [0.15, 0.2) is 18.2 Å². The molecule has 1 rings (SSSR count). The van der Waals surface area contributed by atoms with Crippen LogP contribution in [0.2, 0.25) is 5.02 Å². The number of nitrogens with zero attached hydrogens (tertiary/aromatic N) is 1. The minimum absolute atomic E-state index is 0.145. The molecule has 0 radical (unpaired) electrons. The van der Waals surface area contributed by atoms with Crippen LogP contribution in [0.1, 0.15) is 17.3 Å². The molecule has 0 aliphatic carbocycles. The predicted octanol–water partition coefficient (Wildman–Crippen LogP) is 2.02. The molecule has 0 spiro atoms. The molecule has 4 nitrogen and oxygen atoms in total. The van der Waals surface area contributed by atoms with Crippen LogP contribution in [0.4, 0.5) is 4.39 Å². The van der Waals surface area contributed by atoms with Crippen molar-refractivity contribution in [1.82, 2.24) is 4.90 Å². The normalized spacial score (nSPS) is 12.0. The van der Waals surface area contributed by atoms with Gasteiger partial charge in [-0.3, -0.25) is 4.79 Å². The SMILES string of the molecule is C[C@H](C(=O)O)N(C)C(=O)c1ccc(F)c(Cl)c1. The van der Waals surface area contributed by atoms with E-state index in [4.69, 9.17) is 16.7 Å². The van der Waals surface area contributed by atoms with Crippen molar-refractivity contribution in [2.45, 2.75) is 13.0 Å². The van der Waals surface area contributed by atoms with Gasteiger partial charge in [0.05, 0.1) is 5.02 Å². The average molecular weight is 260 g/mol. The molecule has 6 heteroatoms. The number of hydrogen-bond donors (Lipinski definition) is 1. The maximum atomic E-state index is 12.9. The molecule has 17 heavy (non-hydrogen) atoms. The fourth-order valence-corrected chi connectivity index (χ4v) is 1.35. The molecule has 0 unspecified atom stereocenters. The van der Waals surface area contributed by atoms with Crippen molar-refractivity contribution in [3.8, 4) is 0 Å². The van der Waals surface area contributed by atoms with Gasteiger partial charge in [0, 0.05) is 12.6 Å². The quantitative estimate of drug-likeness (QED) is 0.904. The summed E-state index contributed by atoms with van der Waals surface area (Å²) >= 11 is 5.54. The van der Waals surface area contributed by atoms with Crippen LogP contribution in [-0.2, 0) is 4.79 Å². The Morgan fingerprint density at radius 1 is 1.47 bits per heavy atom. The largest absolute Gasteiger partial charge is 0.480 e. The molecule has 1 amide bonds. The van der Waals surface area contributed by atoms with Gasteiger partial charge in [-0.1, -0.05) is 11.6 Å². The molecular formula is C11H11ClFNO3. The summed E-state index contributed by atoms with van der Waals surface area (Å²) in [4.78, 5) is 23.6. The summed E-state index contributed by atoms with van der Waals surface area (Å²) in [6.07, 6.45) is 0. The maximum absolute atomic E-state index is 12.9. The first-order chi connectivity index (χ1) is 7.84. The van der Waals surface area contributed by atoms with Crippen LogP contribution in [-0.4, -0.2) is 35.0 Å². The van der Waals surface area contributed by atoms with Crippen LogP contribution in [0.3, 0.4) is 0 Å². The Labute approximate surface area is 103 Å². The minimum Gasteiger partial charge on any atom is -0.480 e. The molecule has 1 N–H and O–H groups in total. The first kappa shape index (κ1) is 13.4. The number of amides is 1. The number of hydrogen-bond acceptors (Lipinski definition) is 2. The fourth-order valence-electron chi connectivity index (χ4n) is 1.17. The number of rotatable bonds is 3. The Morgan fingerprint density at radius 2 is 2.06 bits per heavy atom. The van der Waals surface area contributed by atoms with Crippen LogP contribution >= 0.6 is 11.6 Å². The van der Waals surface area contributed by atoms with Gasteiger partial charge < -0.3 is 10.0 Å². The van der Waals surface area contributed by atoms with E-state index in [1.54, 1.807) is 0 Å². The maximum Gasteiger partial charge on any atom is 0.326 e. The molecule has 1 aromatic carbocycles. The van der Waals surface area contributed by atoms with E-state index in [1.807, 2.05) is 0 Å². The number of halogens is 2. The second kappa shape index (κ2) is 5.14. The molecule has 0 aliphatic heterocycles. The first-order valence-electron chi connectivity index (χ1n) is 4.79. The van der Waals surface area contributed by atoms with E-state index in [0.717, 1.165) is 11.0 Å². The first-order valence-corrected chi connectivity index (χ1v) is 5.17. The zero-order chi connectivity index (χ0) is 13.2. The zero-order valence-corrected chi connectivity index (χ0v) is 10.0. The van der Waals surface area contributed by atoms with Crippen molar-refractivity contribution in [2.75, 3.05) is 7.05 Å². The third-order valence-electron chi connectivity index (χ3n) is 2.43. The standard InChI is InChI=1S/C11H11ClFNO3/c1-6(11(16)17)14(2)10(15)7-3-4-9(13)8(12)5-7/h3-6H,1-2H3,(H,16,17)/t6-/m1/s1. The molecule has 92 valence electrons. The smallest absolute Gasteiger partial charge is 0.326 e. The van der Waals surface area contributed by atoms with Crippen molar-refractivity contribution in [1.29, 1.82) is 0 Å². The minimum atomic E-state index is -1.12. The fraction of sp³-hybridized carbons (Fsp3) is 0.273. The second-order valence-electron chi connectivity index (χ2n) is 3.56. The number of carboxylic acid groups (broad SMARTS) is 1. The number of benzene rings is 1. The van der Waals surface area contributed by atoms with Crippen molar-refractivity contribution in [3.05, 3.63) is 34.6 Å². The Morgan fingerprint density at radius 3 is 2.53 bits per heavy atom. The van der Waals surface area contributed by atoms with Gasteiger partial charge in [0.25, 0.3) is 5.91 Å². The highest BCUT2D eigenvalue weighted by atomic mass is 35.5. The van der Waals surface area contributed by atoms with Crippen molar-refractivity contribution in [2.24, 2.45) is 0 Å². The highest BCUT2D eigenvalue weighted by Gasteiger charge is 2.23. The van der Waals surface area contributed by atoms with E-state index in [-0.39, 0.29) is 10.6 Å². The Balaban J connectivity index is 2.96. The lowest BCUT2D eigenvalue weighted by molar-refractivity contribution is -0.141. The summed E-state index contributed by atoms with van der Waals surface area (Å²) in [6, 6.07) is 2.53. The summed E-state index contributed by atoms with van der Waals surface area (Å²) in [5.74, 6) is -2.27.